The summed E-state index contributed by atoms with van der Waals surface area (Å²) in [6, 6.07) is -0.370. The Balaban J connectivity index is 1.48. The van der Waals surface area contributed by atoms with Crippen LogP contribution in [-0.4, -0.2) is 87.0 Å². The van der Waals surface area contributed by atoms with E-state index in [1.165, 1.54) is 13.8 Å². The molecule has 2 saturated heterocycles. The third kappa shape index (κ3) is 7.39. The third-order valence-corrected chi connectivity index (χ3v) is 7.74. The number of carbonyl (C=O) groups is 2. The molecule has 43 heavy (non-hydrogen) atoms. The first-order chi connectivity index (χ1) is 19.9. The highest BCUT2D eigenvalue weighted by molar-refractivity contribution is 6.31. The molecule has 0 bridgehead atoms. The van der Waals surface area contributed by atoms with Crippen LogP contribution in [-0.2, 0) is 4.74 Å². The molecule has 1 atom stereocenters. The van der Waals surface area contributed by atoms with Crippen molar-refractivity contribution in [1.82, 2.24) is 25.0 Å². The van der Waals surface area contributed by atoms with Gasteiger partial charge in [-0.25, -0.2) is 9.18 Å². The van der Waals surface area contributed by atoms with Gasteiger partial charge >= 0.3 is 18.3 Å². The van der Waals surface area contributed by atoms with E-state index in [1.54, 1.807) is 4.90 Å². The second-order valence-electron chi connectivity index (χ2n) is 12.3. The second kappa shape index (κ2) is 11.9. The Morgan fingerprint density at radius 3 is 2.26 bits per heavy atom. The van der Waals surface area contributed by atoms with Gasteiger partial charge in [0.15, 0.2) is 11.0 Å². The zero-order valence-electron chi connectivity index (χ0n) is 24.8. The van der Waals surface area contributed by atoms with Gasteiger partial charge in [-0.3, -0.25) is 4.79 Å². The van der Waals surface area contributed by atoms with Crippen molar-refractivity contribution in [2.24, 2.45) is 5.41 Å². The summed E-state index contributed by atoms with van der Waals surface area (Å²) in [5.74, 6) is -1.87. The van der Waals surface area contributed by atoms with Gasteiger partial charge in [-0.05, 0) is 72.6 Å². The Kier molecular flexibility index (Phi) is 9.01. The van der Waals surface area contributed by atoms with Crippen molar-refractivity contribution in [2.45, 2.75) is 78.2 Å². The molecule has 10 nitrogen and oxygen atoms in total. The summed E-state index contributed by atoms with van der Waals surface area (Å²) in [4.78, 5) is 34.2. The van der Waals surface area contributed by atoms with E-state index in [0.717, 1.165) is 38.0 Å². The number of benzene rings is 1. The molecule has 2 fully saturated rings. The number of alkyl halides is 3. The first-order valence-corrected chi connectivity index (χ1v) is 14.3. The van der Waals surface area contributed by atoms with Gasteiger partial charge in [-0.2, -0.15) is 18.2 Å². The van der Waals surface area contributed by atoms with Crippen LogP contribution in [0.3, 0.4) is 0 Å². The Hall–Kier alpha value is -3.42. The van der Waals surface area contributed by atoms with E-state index in [-0.39, 0.29) is 34.2 Å². The molecule has 0 radical (unpaired) electrons. The maximum atomic E-state index is 14.2. The van der Waals surface area contributed by atoms with Crippen molar-refractivity contribution in [3.63, 3.8) is 0 Å². The van der Waals surface area contributed by atoms with Crippen molar-refractivity contribution >= 4 is 29.4 Å². The number of nitrogens with zero attached hydrogens (tertiary/aromatic N) is 6. The fourth-order valence-electron chi connectivity index (χ4n) is 5.27. The van der Waals surface area contributed by atoms with Crippen LogP contribution in [0.15, 0.2) is 18.2 Å². The molecule has 2 aromatic rings. The lowest BCUT2D eigenvalue weighted by atomic mass is 9.72. The normalized spacial score (nSPS) is 17.5. The molecule has 1 aromatic carbocycles. The van der Waals surface area contributed by atoms with Gasteiger partial charge in [0.25, 0.3) is 5.91 Å². The number of anilines is 1. The van der Waals surface area contributed by atoms with Gasteiger partial charge in [-0.1, -0.05) is 16.7 Å². The number of likely N-dealkylation sites (tertiary alicyclic amines) is 1. The van der Waals surface area contributed by atoms with Crippen LogP contribution in [0, 0.1) is 11.2 Å². The molecule has 4 rings (SSSR count). The summed E-state index contributed by atoms with van der Waals surface area (Å²) in [7, 11) is 0. The minimum atomic E-state index is -4.70. The van der Waals surface area contributed by atoms with Gasteiger partial charge in [0.2, 0.25) is 0 Å². The molecule has 2 aliphatic rings. The van der Waals surface area contributed by atoms with Crippen LogP contribution < -0.4 is 9.64 Å². The van der Waals surface area contributed by atoms with Crippen molar-refractivity contribution < 1.29 is 36.6 Å². The van der Waals surface area contributed by atoms with Crippen molar-refractivity contribution in [2.75, 3.05) is 31.1 Å². The van der Waals surface area contributed by atoms with Crippen LogP contribution in [0.25, 0.3) is 0 Å². The molecule has 1 spiro atoms. The number of amides is 2. The summed E-state index contributed by atoms with van der Waals surface area (Å²) in [6.45, 7) is 11.5. The molecule has 1 aromatic heterocycles. The molecule has 3 heterocycles. The highest BCUT2D eigenvalue weighted by Gasteiger charge is 2.47. The highest BCUT2D eigenvalue weighted by atomic mass is 35.5. The van der Waals surface area contributed by atoms with E-state index in [4.69, 9.17) is 21.1 Å². The molecule has 236 valence electrons. The van der Waals surface area contributed by atoms with Crippen LogP contribution in [0.2, 0.25) is 5.15 Å². The molecule has 2 amide bonds. The fourth-order valence-corrected chi connectivity index (χ4v) is 5.47. The van der Waals surface area contributed by atoms with Crippen molar-refractivity contribution in [3.05, 3.63) is 34.7 Å². The summed E-state index contributed by atoms with van der Waals surface area (Å²) >= 11 is 6.30. The number of aromatic nitrogens is 3. The number of halogens is 5. The Labute approximate surface area is 252 Å². The Bertz CT molecular complexity index is 1350. The lowest BCUT2D eigenvalue weighted by Crippen LogP contribution is -2.61. The molecule has 0 saturated carbocycles. The van der Waals surface area contributed by atoms with Crippen LogP contribution >= 0.6 is 11.6 Å². The number of hydrogen-bond acceptors (Lipinski definition) is 8. The second-order valence-corrected chi connectivity index (χ2v) is 12.7. The van der Waals surface area contributed by atoms with E-state index in [9.17, 15) is 27.2 Å². The average molecular weight is 631 g/mol. The van der Waals surface area contributed by atoms with Gasteiger partial charge in [0.1, 0.15) is 23.2 Å². The standard InChI is InChI=1S/C28H35ClF4N6O4/c1-16(2)39(17(3)28(31,32)33)23(40)19-13-18(30)7-8-20(19)42-24-34-22(21(29)35-36-24)38-14-27(15-38)9-11-37(12-10-27)25(41)43-26(4,5)6/h7-8,13,16-17H,9-12,14-15H2,1-6H3. The van der Waals surface area contributed by atoms with Gasteiger partial charge in [0, 0.05) is 37.6 Å². The predicted molar refractivity (Wildman–Crippen MR) is 150 cm³/mol. The van der Waals surface area contributed by atoms with E-state index in [0.29, 0.717) is 31.1 Å². The topological polar surface area (TPSA) is 101 Å². The van der Waals surface area contributed by atoms with Crippen molar-refractivity contribution in [3.8, 4) is 11.8 Å². The smallest absolute Gasteiger partial charge is 0.410 e. The number of rotatable bonds is 6. The average Bonchev–Trinajstić information content (AvgIpc) is 2.87. The van der Waals surface area contributed by atoms with E-state index in [1.807, 2.05) is 25.7 Å². The number of piperidine rings is 1. The highest BCUT2D eigenvalue weighted by Crippen LogP contribution is 2.44. The first-order valence-electron chi connectivity index (χ1n) is 13.9. The fraction of sp³-hybridized carbons (Fsp3) is 0.607. The minimum Gasteiger partial charge on any atom is -0.444 e. The largest absolute Gasteiger partial charge is 0.444 e. The number of carbonyl (C=O) groups excluding carboxylic acids is 2. The van der Waals surface area contributed by atoms with Gasteiger partial charge < -0.3 is 24.2 Å². The monoisotopic (exact) mass is 630 g/mol. The molecule has 0 aliphatic carbocycles. The predicted octanol–water partition coefficient (Wildman–Crippen LogP) is 6.10. The summed E-state index contributed by atoms with van der Waals surface area (Å²) in [5.41, 5.74) is -1.06. The summed E-state index contributed by atoms with van der Waals surface area (Å²) in [6.07, 6.45) is -3.53. The zero-order chi connectivity index (χ0) is 31.9. The van der Waals surface area contributed by atoms with Gasteiger partial charge in [0.05, 0.1) is 5.56 Å². The number of hydrogen-bond donors (Lipinski definition) is 0. The molecular weight excluding hydrogens is 596 g/mol. The van der Waals surface area contributed by atoms with E-state index < -0.39 is 41.1 Å². The minimum absolute atomic E-state index is 0.00813. The molecular formula is C28H35ClF4N6O4. The molecule has 15 heteroatoms. The van der Waals surface area contributed by atoms with Gasteiger partial charge in [-0.15, -0.1) is 5.10 Å². The quantitative estimate of drug-likeness (QED) is 0.353. The maximum Gasteiger partial charge on any atom is 0.410 e. The molecule has 2 aliphatic heterocycles. The number of ether oxygens (including phenoxy) is 2. The lowest BCUT2D eigenvalue weighted by Gasteiger charge is -2.54. The summed E-state index contributed by atoms with van der Waals surface area (Å²) in [5, 5.41) is 7.72. The first kappa shape index (κ1) is 32.5. The van der Waals surface area contributed by atoms with Crippen LogP contribution in [0.5, 0.6) is 11.8 Å². The van der Waals surface area contributed by atoms with Crippen LogP contribution in [0.1, 0.15) is 64.7 Å². The van der Waals surface area contributed by atoms with E-state index >= 15 is 0 Å². The lowest BCUT2D eigenvalue weighted by molar-refractivity contribution is -0.175. The van der Waals surface area contributed by atoms with Crippen LogP contribution in [0.4, 0.5) is 28.2 Å². The maximum absolute atomic E-state index is 14.2. The SMILES string of the molecule is CC(C)N(C(=O)c1cc(F)ccc1Oc1nnc(Cl)c(N2CC3(CCN(C(=O)OC(C)(C)C)CC3)C2)n1)C(C)C(F)(F)F. The molecule has 0 N–H and O–H groups in total. The Morgan fingerprint density at radius 1 is 1.07 bits per heavy atom. The summed E-state index contributed by atoms with van der Waals surface area (Å²) < 4.78 is 66.0. The Morgan fingerprint density at radius 2 is 1.70 bits per heavy atom. The van der Waals surface area contributed by atoms with E-state index in [2.05, 4.69) is 15.2 Å². The third-order valence-electron chi connectivity index (χ3n) is 7.49. The van der Waals surface area contributed by atoms with Crippen molar-refractivity contribution in [1.29, 1.82) is 0 Å². The zero-order valence-corrected chi connectivity index (χ0v) is 25.6. The molecule has 1 unspecified atom stereocenters.